The summed E-state index contributed by atoms with van der Waals surface area (Å²) in [4.78, 5) is 12.6. The fraction of sp³-hybridized carbons (Fsp3) is 0.211. The number of rotatable bonds is 6. The van der Waals surface area contributed by atoms with Gasteiger partial charge in [0.1, 0.15) is 24.3 Å². The lowest BCUT2D eigenvalue weighted by Gasteiger charge is -2.13. The summed E-state index contributed by atoms with van der Waals surface area (Å²) < 4.78 is 19.9. The van der Waals surface area contributed by atoms with Gasteiger partial charge in [-0.25, -0.2) is 4.39 Å². The molecule has 1 amide bonds. The van der Waals surface area contributed by atoms with Gasteiger partial charge in [-0.05, 0) is 42.8 Å². The van der Waals surface area contributed by atoms with E-state index in [9.17, 15) is 14.3 Å². The zero-order chi connectivity index (χ0) is 17.8. The van der Waals surface area contributed by atoms with Crippen molar-refractivity contribution in [2.75, 3.05) is 13.2 Å². The van der Waals surface area contributed by atoms with E-state index >= 15 is 0 Å². The maximum absolute atomic E-state index is 13.7. The smallest absolute Gasteiger partial charge is 0.261 e. The Morgan fingerprint density at radius 2 is 2.08 bits per heavy atom. The number of nitrogens with one attached hydrogen (secondary N) is 1. The molecule has 0 fully saturated rings. The number of aliphatic hydroxyl groups excluding tert-OH is 1. The van der Waals surface area contributed by atoms with Gasteiger partial charge < -0.3 is 15.2 Å². The number of aliphatic hydroxyl groups is 1. The van der Waals surface area contributed by atoms with Gasteiger partial charge >= 0.3 is 0 Å². The summed E-state index contributed by atoms with van der Waals surface area (Å²) in [6.45, 7) is 2.09. The zero-order valence-corrected chi connectivity index (χ0v) is 14.5. The van der Waals surface area contributed by atoms with E-state index in [1.165, 1.54) is 23.5 Å². The molecule has 6 heteroatoms. The lowest BCUT2D eigenvalue weighted by Crippen LogP contribution is -2.34. The maximum atomic E-state index is 13.7. The van der Waals surface area contributed by atoms with Gasteiger partial charge in [0.25, 0.3) is 5.91 Å². The minimum absolute atomic E-state index is 0.0569. The van der Waals surface area contributed by atoms with Gasteiger partial charge in [-0.1, -0.05) is 18.2 Å². The zero-order valence-electron chi connectivity index (χ0n) is 13.7. The Morgan fingerprint density at radius 3 is 2.84 bits per heavy atom. The van der Waals surface area contributed by atoms with Crippen LogP contribution in [0.2, 0.25) is 0 Å². The highest BCUT2D eigenvalue weighted by Crippen LogP contribution is 2.27. The van der Waals surface area contributed by atoms with Crippen molar-refractivity contribution in [1.82, 2.24) is 5.32 Å². The second-order valence-corrected chi connectivity index (χ2v) is 6.84. The van der Waals surface area contributed by atoms with Crippen molar-refractivity contribution in [2.24, 2.45) is 0 Å². The second kappa shape index (κ2) is 7.63. The molecule has 0 radical (unpaired) electrons. The Morgan fingerprint density at radius 1 is 1.28 bits per heavy atom. The normalized spacial score (nSPS) is 12.1. The summed E-state index contributed by atoms with van der Waals surface area (Å²) in [5, 5.41) is 13.0. The first-order chi connectivity index (χ1) is 12.0. The highest BCUT2D eigenvalue weighted by Gasteiger charge is 2.14. The van der Waals surface area contributed by atoms with Gasteiger partial charge in [0, 0.05) is 16.6 Å². The van der Waals surface area contributed by atoms with Crippen molar-refractivity contribution >= 4 is 27.3 Å². The van der Waals surface area contributed by atoms with Gasteiger partial charge in [-0.2, -0.15) is 0 Å². The molecule has 0 aliphatic rings. The molecule has 4 nitrogen and oxygen atoms in total. The SMILES string of the molecule is Cc1cccc(OCC(O)CNC(=O)c2cc3c(F)cccc3s2)c1. The van der Waals surface area contributed by atoms with Crippen LogP contribution in [0, 0.1) is 12.7 Å². The molecule has 3 rings (SSSR count). The first-order valence-electron chi connectivity index (χ1n) is 7.87. The molecule has 1 heterocycles. The number of halogens is 1. The van der Waals surface area contributed by atoms with Gasteiger partial charge in [-0.15, -0.1) is 11.3 Å². The largest absolute Gasteiger partial charge is 0.491 e. The molecule has 0 saturated carbocycles. The van der Waals surface area contributed by atoms with Crippen LogP contribution in [-0.2, 0) is 0 Å². The van der Waals surface area contributed by atoms with Crippen LogP contribution in [0.5, 0.6) is 5.75 Å². The summed E-state index contributed by atoms with van der Waals surface area (Å²) in [6.07, 6.45) is -0.837. The van der Waals surface area contributed by atoms with Gasteiger partial charge in [0.05, 0.1) is 4.88 Å². The molecular weight excluding hydrogens is 341 g/mol. The van der Waals surface area contributed by atoms with Crippen molar-refractivity contribution in [3.8, 4) is 5.75 Å². The van der Waals surface area contributed by atoms with Crippen LogP contribution in [0.25, 0.3) is 10.1 Å². The third-order valence-electron chi connectivity index (χ3n) is 3.66. The molecule has 130 valence electrons. The monoisotopic (exact) mass is 359 g/mol. The molecule has 1 unspecified atom stereocenters. The minimum atomic E-state index is -0.837. The van der Waals surface area contributed by atoms with Crippen LogP contribution in [0.3, 0.4) is 0 Å². The molecule has 25 heavy (non-hydrogen) atoms. The van der Waals surface area contributed by atoms with Crippen LogP contribution >= 0.6 is 11.3 Å². The number of amides is 1. The van der Waals surface area contributed by atoms with Crippen molar-refractivity contribution in [1.29, 1.82) is 0 Å². The topological polar surface area (TPSA) is 58.6 Å². The Balaban J connectivity index is 1.53. The van der Waals surface area contributed by atoms with Crippen LogP contribution in [0.1, 0.15) is 15.2 Å². The van der Waals surface area contributed by atoms with Crippen molar-refractivity contribution in [3.05, 3.63) is 64.8 Å². The third-order valence-corrected chi connectivity index (χ3v) is 4.76. The van der Waals surface area contributed by atoms with Gasteiger partial charge in [0.15, 0.2) is 0 Å². The molecule has 1 atom stereocenters. The van der Waals surface area contributed by atoms with E-state index in [2.05, 4.69) is 5.32 Å². The number of ether oxygens (including phenoxy) is 1. The molecular formula is C19H18FNO3S. The van der Waals surface area contributed by atoms with E-state index in [1.807, 2.05) is 31.2 Å². The minimum Gasteiger partial charge on any atom is -0.491 e. The number of hydrogen-bond acceptors (Lipinski definition) is 4. The lowest BCUT2D eigenvalue weighted by atomic mass is 10.2. The average molecular weight is 359 g/mol. The van der Waals surface area contributed by atoms with Crippen molar-refractivity contribution in [2.45, 2.75) is 13.0 Å². The maximum Gasteiger partial charge on any atom is 0.261 e. The van der Waals surface area contributed by atoms with Gasteiger partial charge in [-0.3, -0.25) is 4.79 Å². The van der Waals surface area contributed by atoms with Gasteiger partial charge in [0.2, 0.25) is 0 Å². The summed E-state index contributed by atoms with van der Waals surface area (Å²) in [7, 11) is 0. The summed E-state index contributed by atoms with van der Waals surface area (Å²) in [5.74, 6) is -0.0139. The molecule has 0 bridgehead atoms. The highest BCUT2D eigenvalue weighted by atomic mass is 32.1. The van der Waals surface area contributed by atoms with E-state index in [4.69, 9.17) is 4.74 Å². The molecule has 0 aliphatic carbocycles. The second-order valence-electron chi connectivity index (χ2n) is 5.75. The Labute approximate surface area is 148 Å². The predicted molar refractivity (Wildman–Crippen MR) is 96.8 cm³/mol. The van der Waals surface area contributed by atoms with E-state index < -0.39 is 6.10 Å². The summed E-state index contributed by atoms with van der Waals surface area (Å²) >= 11 is 1.22. The number of thiophene rings is 1. The van der Waals surface area contributed by atoms with E-state index in [0.717, 1.165) is 5.56 Å². The van der Waals surface area contributed by atoms with Crippen LogP contribution in [0.4, 0.5) is 4.39 Å². The average Bonchev–Trinajstić information content (AvgIpc) is 3.04. The molecule has 0 spiro atoms. The number of hydrogen-bond donors (Lipinski definition) is 2. The predicted octanol–water partition coefficient (Wildman–Crippen LogP) is 3.52. The van der Waals surface area contributed by atoms with Crippen LogP contribution in [-0.4, -0.2) is 30.3 Å². The molecule has 2 aromatic carbocycles. The van der Waals surface area contributed by atoms with Crippen molar-refractivity contribution in [3.63, 3.8) is 0 Å². The summed E-state index contributed by atoms with van der Waals surface area (Å²) in [5.41, 5.74) is 1.07. The fourth-order valence-electron chi connectivity index (χ4n) is 2.39. The van der Waals surface area contributed by atoms with Crippen molar-refractivity contribution < 1.29 is 19.0 Å². The Kier molecular flexibility index (Phi) is 5.31. The Hall–Kier alpha value is -2.44. The molecule has 3 aromatic rings. The summed E-state index contributed by atoms with van der Waals surface area (Å²) in [6, 6.07) is 13.8. The molecule has 0 saturated heterocycles. The number of carbonyl (C=O) groups excluding carboxylic acids is 1. The number of benzene rings is 2. The van der Waals surface area contributed by atoms with E-state index in [0.29, 0.717) is 20.7 Å². The van der Waals surface area contributed by atoms with Crippen LogP contribution in [0.15, 0.2) is 48.5 Å². The molecule has 0 aliphatic heterocycles. The first kappa shape index (κ1) is 17.4. The molecule has 2 N–H and O–H groups in total. The number of carbonyl (C=O) groups is 1. The van der Waals surface area contributed by atoms with E-state index in [1.54, 1.807) is 12.1 Å². The quantitative estimate of drug-likeness (QED) is 0.708. The first-order valence-corrected chi connectivity index (χ1v) is 8.68. The highest BCUT2D eigenvalue weighted by molar-refractivity contribution is 7.20. The standard InChI is InChI=1S/C19H18FNO3S/c1-12-4-2-5-14(8-12)24-11-13(22)10-21-19(23)18-9-15-16(20)6-3-7-17(15)25-18/h2-9,13,22H,10-11H2,1H3,(H,21,23). The van der Waals surface area contributed by atoms with E-state index in [-0.39, 0.29) is 24.9 Å². The Bertz CT molecular complexity index is 893. The molecule has 1 aromatic heterocycles. The fourth-order valence-corrected chi connectivity index (χ4v) is 3.38. The van der Waals surface area contributed by atoms with Crippen LogP contribution < -0.4 is 10.1 Å². The third kappa shape index (κ3) is 4.35. The number of fused-ring (bicyclic) bond motifs is 1. The lowest BCUT2D eigenvalue weighted by molar-refractivity contribution is 0.0847. The number of aryl methyl sites for hydroxylation is 1.